The first-order valence-corrected chi connectivity index (χ1v) is 17.9. The zero-order chi connectivity index (χ0) is 34.6. The molecule has 1 heterocycles. The summed E-state index contributed by atoms with van der Waals surface area (Å²) in [5.41, 5.74) is 17.0. The Kier molecular flexibility index (Phi) is 6.16. The normalized spacial score (nSPS) is 14.7. The van der Waals surface area contributed by atoms with E-state index < -0.39 is 0 Å². The maximum atomic E-state index is 14.2. The molecular formula is C49H37NO. The number of hydrogen-bond acceptors (Lipinski definition) is 1. The molecule has 0 fully saturated rings. The molecule has 0 atom stereocenters. The van der Waals surface area contributed by atoms with Crippen LogP contribution < -0.4 is 5.56 Å². The van der Waals surface area contributed by atoms with Crippen molar-refractivity contribution in [2.75, 3.05) is 0 Å². The Hall–Kier alpha value is -5.99. The van der Waals surface area contributed by atoms with E-state index in [0.29, 0.717) is 0 Å². The number of nitrogens with zero attached hydrogens (tertiary/aromatic N) is 1. The van der Waals surface area contributed by atoms with Gasteiger partial charge in [0.15, 0.2) is 0 Å². The van der Waals surface area contributed by atoms with Crippen LogP contribution in [0, 0.1) is 0 Å². The molecule has 10 rings (SSSR count). The summed E-state index contributed by atoms with van der Waals surface area (Å²) in [6.07, 6.45) is 0. The van der Waals surface area contributed by atoms with Gasteiger partial charge < -0.3 is 0 Å². The maximum Gasteiger partial charge on any atom is 0.263 e. The lowest BCUT2D eigenvalue weighted by Gasteiger charge is -2.22. The Balaban J connectivity index is 1.08. The summed E-state index contributed by atoms with van der Waals surface area (Å²) in [6, 6.07) is 54.3. The van der Waals surface area contributed by atoms with E-state index in [-0.39, 0.29) is 16.4 Å². The van der Waals surface area contributed by atoms with Crippen molar-refractivity contribution in [1.82, 2.24) is 4.57 Å². The molecule has 51 heavy (non-hydrogen) atoms. The van der Waals surface area contributed by atoms with E-state index in [1.54, 1.807) is 0 Å². The Morgan fingerprint density at radius 2 is 0.902 bits per heavy atom. The Morgan fingerprint density at radius 3 is 1.65 bits per heavy atom. The first kappa shape index (κ1) is 29.9. The highest BCUT2D eigenvalue weighted by atomic mass is 16.1. The second-order valence-corrected chi connectivity index (χ2v) is 15.3. The van der Waals surface area contributed by atoms with Gasteiger partial charge in [-0.2, -0.15) is 0 Å². The first-order chi connectivity index (χ1) is 24.7. The minimum Gasteiger partial charge on any atom is -0.276 e. The molecule has 0 N–H and O–H groups in total. The zero-order valence-electron chi connectivity index (χ0n) is 29.3. The summed E-state index contributed by atoms with van der Waals surface area (Å²) in [7, 11) is 0. The van der Waals surface area contributed by atoms with Gasteiger partial charge in [0.05, 0.1) is 5.52 Å². The number of fused-ring (bicyclic) bond motifs is 9. The van der Waals surface area contributed by atoms with Gasteiger partial charge in [0.1, 0.15) is 0 Å². The average Bonchev–Trinajstić information content (AvgIpc) is 3.54. The van der Waals surface area contributed by atoms with Gasteiger partial charge in [0.25, 0.3) is 5.56 Å². The Labute approximate surface area is 298 Å². The third-order valence-electron chi connectivity index (χ3n) is 11.8. The molecule has 0 bridgehead atoms. The summed E-state index contributed by atoms with van der Waals surface area (Å²) in [4.78, 5) is 14.2. The number of hydrogen-bond donors (Lipinski definition) is 0. The minimum atomic E-state index is -0.0704. The van der Waals surface area contributed by atoms with Crippen molar-refractivity contribution in [2.24, 2.45) is 0 Å². The summed E-state index contributed by atoms with van der Waals surface area (Å²) in [5, 5.41) is 2.76. The summed E-state index contributed by atoms with van der Waals surface area (Å²) in [5.74, 6) is 0. The topological polar surface area (TPSA) is 22.0 Å². The van der Waals surface area contributed by atoms with Crippen LogP contribution in [0.2, 0.25) is 0 Å². The summed E-state index contributed by atoms with van der Waals surface area (Å²) < 4.78 is 1.88. The van der Waals surface area contributed by atoms with Gasteiger partial charge in [-0.1, -0.05) is 137 Å². The lowest BCUT2D eigenvalue weighted by atomic mass is 9.81. The molecule has 0 amide bonds. The van der Waals surface area contributed by atoms with Crippen LogP contribution in [0.4, 0.5) is 0 Å². The minimum absolute atomic E-state index is 0.00739. The molecule has 2 nitrogen and oxygen atoms in total. The van der Waals surface area contributed by atoms with Crippen molar-refractivity contribution in [3.05, 3.63) is 184 Å². The highest BCUT2D eigenvalue weighted by Gasteiger charge is 2.36. The highest BCUT2D eigenvalue weighted by Crippen LogP contribution is 2.51. The molecule has 244 valence electrons. The number of benzene rings is 7. The fraction of sp³-hybridized carbons (Fsp3) is 0.122. The number of aromatic nitrogens is 1. The van der Waals surface area contributed by atoms with Crippen LogP contribution in [-0.2, 0) is 10.8 Å². The standard InChI is InChI=1S/C49H37NO/c1-48(2)43-16-10-8-13-37(43)40-27-31(20-25-44(40)48)30-17-22-34(23-18-30)50-46-26-21-32(28-41(46)35-11-5-6-14-39(35)47(50)51)33-19-24-38-36-12-7-9-15-42(36)49(3,4)45(38)29-33/h5-29H,1-4H3. The van der Waals surface area contributed by atoms with E-state index in [0.717, 1.165) is 38.5 Å². The summed E-state index contributed by atoms with van der Waals surface area (Å²) in [6.45, 7) is 9.27. The van der Waals surface area contributed by atoms with Crippen LogP contribution in [0.1, 0.15) is 49.9 Å². The molecule has 0 unspecified atom stereocenters. The van der Waals surface area contributed by atoms with Crippen LogP contribution in [0.5, 0.6) is 0 Å². The second kappa shape index (κ2) is 10.5. The van der Waals surface area contributed by atoms with Crippen LogP contribution in [-0.4, -0.2) is 4.57 Å². The first-order valence-electron chi connectivity index (χ1n) is 17.9. The van der Waals surface area contributed by atoms with Crippen LogP contribution >= 0.6 is 0 Å². The van der Waals surface area contributed by atoms with E-state index in [9.17, 15) is 4.79 Å². The zero-order valence-corrected chi connectivity index (χ0v) is 29.3. The third-order valence-corrected chi connectivity index (χ3v) is 11.8. The predicted molar refractivity (Wildman–Crippen MR) is 213 cm³/mol. The largest absolute Gasteiger partial charge is 0.276 e. The van der Waals surface area contributed by atoms with Crippen molar-refractivity contribution < 1.29 is 0 Å². The van der Waals surface area contributed by atoms with Gasteiger partial charge in [-0.15, -0.1) is 0 Å². The van der Waals surface area contributed by atoms with Crippen molar-refractivity contribution in [1.29, 1.82) is 0 Å². The molecule has 0 saturated carbocycles. The maximum absolute atomic E-state index is 14.2. The summed E-state index contributed by atoms with van der Waals surface area (Å²) >= 11 is 0. The predicted octanol–water partition coefficient (Wildman–Crippen LogP) is 12.1. The molecule has 2 heteroatoms. The molecule has 2 aliphatic rings. The van der Waals surface area contributed by atoms with Crippen molar-refractivity contribution in [3.8, 4) is 50.2 Å². The van der Waals surface area contributed by atoms with Crippen LogP contribution in [0.3, 0.4) is 0 Å². The molecule has 2 aliphatic carbocycles. The van der Waals surface area contributed by atoms with Gasteiger partial charge in [-0.3, -0.25) is 9.36 Å². The van der Waals surface area contributed by atoms with Gasteiger partial charge in [-0.25, -0.2) is 0 Å². The monoisotopic (exact) mass is 655 g/mol. The molecule has 1 aromatic heterocycles. The van der Waals surface area contributed by atoms with E-state index in [2.05, 4.69) is 161 Å². The second-order valence-electron chi connectivity index (χ2n) is 15.3. The number of pyridine rings is 1. The molecule has 7 aromatic carbocycles. The lowest BCUT2D eigenvalue weighted by Crippen LogP contribution is -2.19. The van der Waals surface area contributed by atoms with Crippen molar-refractivity contribution in [3.63, 3.8) is 0 Å². The lowest BCUT2D eigenvalue weighted by molar-refractivity contribution is 0.660. The fourth-order valence-corrected chi connectivity index (χ4v) is 9.10. The Bertz CT molecular complexity index is 2810. The molecular weight excluding hydrogens is 619 g/mol. The van der Waals surface area contributed by atoms with E-state index in [1.807, 2.05) is 22.8 Å². The average molecular weight is 656 g/mol. The van der Waals surface area contributed by atoms with Crippen LogP contribution in [0.25, 0.3) is 71.9 Å². The van der Waals surface area contributed by atoms with Gasteiger partial charge in [0, 0.05) is 27.3 Å². The fourth-order valence-electron chi connectivity index (χ4n) is 9.10. The molecule has 0 aliphatic heterocycles. The van der Waals surface area contributed by atoms with Crippen molar-refractivity contribution in [2.45, 2.75) is 38.5 Å². The third kappa shape index (κ3) is 4.20. The highest BCUT2D eigenvalue weighted by molar-refractivity contribution is 6.07. The van der Waals surface area contributed by atoms with Gasteiger partial charge >= 0.3 is 0 Å². The van der Waals surface area contributed by atoms with Crippen molar-refractivity contribution >= 4 is 21.7 Å². The van der Waals surface area contributed by atoms with Gasteiger partial charge in [0.2, 0.25) is 0 Å². The quantitative estimate of drug-likeness (QED) is 0.174. The Morgan fingerprint density at radius 1 is 0.392 bits per heavy atom. The molecule has 0 radical (unpaired) electrons. The molecule has 0 spiro atoms. The SMILES string of the molecule is CC1(C)c2ccccc2-c2cc(-c3ccc(-n4c(=O)c5ccccc5c5cc(-c6ccc7c(c6)C(C)(C)c6ccccc6-7)ccc54)cc3)ccc21. The smallest absolute Gasteiger partial charge is 0.263 e. The van der Waals surface area contributed by atoms with E-state index in [4.69, 9.17) is 0 Å². The molecule has 0 saturated heterocycles. The van der Waals surface area contributed by atoms with E-state index in [1.165, 1.54) is 55.6 Å². The number of rotatable bonds is 3. The van der Waals surface area contributed by atoms with Gasteiger partial charge in [-0.05, 0) is 115 Å². The van der Waals surface area contributed by atoms with E-state index >= 15 is 0 Å². The van der Waals surface area contributed by atoms with Crippen LogP contribution in [0.15, 0.2) is 156 Å². The molecule has 8 aromatic rings.